The number of Topliss-reactive ketones (excluding diaryl/α,β-unsaturated/α-hetero) is 1. The molecule has 2 heterocycles. The summed E-state index contributed by atoms with van der Waals surface area (Å²) in [6, 6.07) is 0. The van der Waals surface area contributed by atoms with Gasteiger partial charge in [-0.1, -0.05) is 6.92 Å². The van der Waals surface area contributed by atoms with Gasteiger partial charge in [-0.05, 0) is 27.2 Å². The van der Waals surface area contributed by atoms with Gasteiger partial charge in [-0.2, -0.15) is 0 Å². The lowest BCUT2D eigenvalue weighted by atomic mass is 10.1. The van der Waals surface area contributed by atoms with Crippen LogP contribution in [-0.2, 0) is 23.7 Å². The normalized spacial score (nSPS) is 39.4. The van der Waals surface area contributed by atoms with E-state index in [0.29, 0.717) is 32.5 Å². The van der Waals surface area contributed by atoms with Crippen molar-refractivity contribution in [3.63, 3.8) is 0 Å². The van der Waals surface area contributed by atoms with Crippen molar-refractivity contribution in [2.24, 2.45) is 0 Å². The number of rotatable bonds is 8. The summed E-state index contributed by atoms with van der Waals surface area (Å²) in [5, 5.41) is 9.94. The summed E-state index contributed by atoms with van der Waals surface area (Å²) in [4.78, 5) is 11.1. The summed E-state index contributed by atoms with van der Waals surface area (Å²) >= 11 is 0. The summed E-state index contributed by atoms with van der Waals surface area (Å²) < 4.78 is 30.8. The lowest BCUT2D eigenvalue weighted by Gasteiger charge is -2.24. The molecule has 1 N–H and O–H groups in total. The van der Waals surface area contributed by atoms with Gasteiger partial charge in [-0.3, -0.25) is 0 Å². The Bertz CT molecular complexity index is 420. The highest BCUT2D eigenvalue weighted by atomic mass is 16.7. The van der Waals surface area contributed by atoms with Crippen LogP contribution in [0.4, 0.5) is 0 Å². The van der Waals surface area contributed by atoms with Crippen LogP contribution >= 0.6 is 0 Å². The number of aliphatic hydroxyl groups is 1. The monoisotopic (exact) mass is 331 g/mol. The third-order valence-electron chi connectivity index (χ3n) is 4.49. The molecule has 2 aliphatic rings. The summed E-state index contributed by atoms with van der Waals surface area (Å²) in [5.74, 6) is -0.636. The molecule has 0 saturated carbocycles. The maximum absolute atomic E-state index is 11.1. The van der Waals surface area contributed by atoms with Crippen molar-refractivity contribution in [3.8, 4) is 0 Å². The topological polar surface area (TPSA) is 74.2 Å². The smallest absolute Gasteiger partial charge is 0.166 e. The minimum Gasteiger partial charge on any atom is -0.390 e. The Labute approximate surface area is 139 Å². The highest BCUT2D eigenvalue weighted by Gasteiger charge is 2.39. The molecule has 2 aliphatic heterocycles. The maximum Gasteiger partial charge on any atom is 0.166 e. The summed E-state index contributed by atoms with van der Waals surface area (Å²) in [6.07, 6.45) is 0.675. The molecule has 2 rings (SSSR count). The summed E-state index contributed by atoms with van der Waals surface area (Å²) in [6.45, 7) is 6.15. The van der Waals surface area contributed by atoms with Crippen LogP contribution in [0.25, 0.3) is 0 Å². The van der Waals surface area contributed by atoms with Crippen molar-refractivity contribution in [3.05, 3.63) is 0 Å². The molecule has 6 unspecified atom stereocenters. The van der Waals surface area contributed by atoms with Gasteiger partial charge in [-0.25, -0.2) is 0 Å². The molecule has 0 spiro atoms. The van der Waals surface area contributed by atoms with Crippen molar-refractivity contribution < 1.29 is 30.2 Å². The van der Waals surface area contributed by atoms with Gasteiger partial charge in [0.25, 0.3) is 0 Å². The number of ether oxygens (including phenoxy) is 4. The Hall–Kier alpha value is -0.530. The molecule has 0 bridgehead atoms. The van der Waals surface area contributed by atoms with Gasteiger partial charge in [0, 0.05) is 20.6 Å². The minimum atomic E-state index is -0.747. The first-order valence-electron chi connectivity index (χ1n) is 9.13. The average molecular weight is 331 g/mol. The van der Waals surface area contributed by atoms with Crippen LogP contribution in [0, 0.1) is 0 Å². The number of hydrogen-bond donors (Lipinski definition) is 1. The first kappa shape index (κ1) is 17.3. The van der Waals surface area contributed by atoms with Crippen LogP contribution in [0.3, 0.4) is 0 Å². The highest BCUT2D eigenvalue weighted by Crippen LogP contribution is 2.30. The third kappa shape index (κ3) is 5.22. The molecular weight excluding hydrogens is 300 g/mol. The molecular formula is C17H30O6. The lowest BCUT2D eigenvalue weighted by Crippen LogP contribution is -2.32. The largest absolute Gasteiger partial charge is 0.390 e. The van der Waals surface area contributed by atoms with Gasteiger partial charge in [0.05, 0.1) is 37.6 Å². The van der Waals surface area contributed by atoms with Crippen LogP contribution in [0.1, 0.15) is 54.7 Å². The van der Waals surface area contributed by atoms with E-state index in [0.717, 1.165) is 6.42 Å². The van der Waals surface area contributed by atoms with E-state index >= 15 is 0 Å². The molecule has 0 aromatic rings. The van der Waals surface area contributed by atoms with E-state index in [-0.39, 0.29) is 37.1 Å². The van der Waals surface area contributed by atoms with E-state index in [2.05, 4.69) is 0 Å². The SMILES string of the molecule is [2H]CC(OCC1COC(C)(CCC(C)=O)O1)C1CC(O)C(CC)O1. The zero-order valence-electron chi connectivity index (χ0n) is 15.3. The third-order valence-corrected chi connectivity index (χ3v) is 4.49. The van der Waals surface area contributed by atoms with E-state index in [4.69, 9.17) is 20.3 Å². The molecule has 2 saturated heterocycles. The maximum atomic E-state index is 11.1. The molecule has 2 fully saturated rings. The fourth-order valence-electron chi connectivity index (χ4n) is 3.01. The Kier molecular flexibility index (Phi) is 6.04. The Balaban J connectivity index is 1.77. The molecule has 0 radical (unpaired) electrons. The van der Waals surface area contributed by atoms with Crippen LogP contribution in [-0.4, -0.2) is 60.4 Å². The molecule has 134 valence electrons. The molecule has 6 atom stereocenters. The van der Waals surface area contributed by atoms with Crippen LogP contribution in [0.2, 0.25) is 0 Å². The highest BCUT2D eigenvalue weighted by molar-refractivity contribution is 5.75. The quantitative estimate of drug-likeness (QED) is 0.731. The average Bonchev–Trinajstić information content (AvgIpc) is 3.10. The van der Waals surface area contributed by atoms with Crippen molar-refractivity contribution in [2.45, 2.75) is 89.7 Å². The second kappa shape index (κ2) is 8.03. The number of aliphatic hydroxyl groups excluding tert-OH is 1. The Morgan fingerprint density at radius 2 is 2.35 bits per heavy atom. The molecule has 6 heteroatoms. The first-order chi connectivity index (χ1) is 11.4. The standard InChI is InChI=1S/C17H30O6/c1-5-15-14(19)8-16(22-15)12(3)20-9-13-10-21-17(4,23-13)7-6-11(2)18/h12-16,19H,5-10H2,1-4H3/i3D. The molecule has 0 aliphatic carbocycles. The van der Waals surface area contributed by atoms with E-state index in [1.54, 1.807) is 6.92 Å². The zero-order valence-corrected chi connectivity index (χ0v) is 14.3. The van der Waals surface area contributed by atoms with Gasteiger partial charge in [0.15, 0.2) is 5.79 Å². The second-order valence-corrected chi connectivity index (χ2v) is 6.68. The summed E-state index contributed by atoms with van der Waals surface area (Å²) in [5.41, 5.74) is 0. The number of carbonyl (C=O) groups excluding carboxylic acids is 1. The predicted molar refractivity (Wildman–Crippen MR) is 84.1 cm³/mol. The number of hydrogen-bond acceptors (Lipinski definition) is 6. The first-order valence-corrected chi connectivity index (χ1v) is 8.42. The van der Waals surface area contributed by atoms with Crippen molar-refractivity contribution in [2.75, 3.05) is 13.2 Å². The minimum absolute atomic E-state index is 0.0724. The number of carbonyl (C=O) groups is 1. The van der Waals surface area contributed by atoms with E-state index in [1.165, 1.54) is 0 Å². The van der Waals surface area contributed by atoms with Crippen molar-refractivity contribution in [1.29, 1.82) is 0 Å². The van der Waals surface area contributed by atoms with Crippen LogP contribution < -0.4 is 0 Å². The second-order valence-electron chi connectivity index (χ2n) is 6.68. The lowest BCUT2D eigenvalue weighted by molar-refractivity contribution is -0.170. The molecule has 23 heavy (non-hydrogen) atoms. The van der Waals surface area contributed by atoms with Gasteiger partial charge in [-0.15, -0.1) is 0 Å². The van der Waals surface area contributed by atoms with Gasteiger partial charge in [0.2, 0.25) is 0 Å². The molecule has 0 aromatic heterocycles. The molecule has 0 aromatic carbocycles. The van der Waals surface area contributed by atoms with Gasteiger partial charge < -0.3 is 28.8 Å². The Morgan fingerprint density at radius 3 is 2.96 bits per heavy atom. The van der Waals surface area contributed by atoms with Crippen molar-refractivity contribution in [1.82, 2.24) is 0 Å². The Morgan fingerprint density at radius 1 is 1.57 bits per heavy atom. The van der Waals surface area contributed by atoms with Crippen LogP contribution in [0.5, 0.6) is 0 Å². The van der Waals surface area contributed by atoms with E-state index < -0.39 is 11.9 Å². The van der Waals surface area contributed by atoms with Crippen molar-refractivity contribution >= 4 is 5.78 Å². The summed E-state index contributed by atoms with van der Waals surface area (Å²) in [7, 11) is 0. The van der Waals surface area contributed by atoms with E-state index in [9.17, 15) is 9.90 Å². The molecule has 6 nitrogen and oxygen atoms in total. The van der Waals surface area contributed by atoms with Gasteiger partial charge >= 0.3 is 0 Å². The zero-order chi connectivity index (χ0) is 17.7. The fraction of sp³-hybridized carbons (Fsp3) is 0.941. The predicted octanol–water partition coefficient (Wildman–Crippen LogP) is 1.82. The van der Waals surface area contributed by atoms with E-state index in [1.807, 2.05) is 13.8 Å². The number of ketones is 1. The van der Waals surface area contributed by atoms with Gasteiger partial charge in [0.1, 0.15) is 11.9 Å². The van der Waals surface area contributed by atoms with Crippen LogP contribution in [0.15, 0.2) is 0 Å². The fourth-order valence-corrected chi connectivity index (χ4v) is 3.01. The molecule has 0 amide bonds.